The van der Waals surface area contributed by atoms with E-state index in [0.717, 1.165) is 41.3 Å². The number of amides is 2. The van der Waals surface area contributed by atoms with E-state index in [2.05, 4.69) is 20.4 Å². The lowest BCUT2D eigenvalue weighted by Crippen LogP contribution is -2.39. The molecule has 0 aliphatic carbocycles. The van der Waals surface area contributed by atoms with Gasteiger partial charge in [-0.1, -0.05) is 6.92 Å². The summed E-state index contributed by atoms with van der Waals surface area (Å²) in [5.41, 5.74) is 4.25. The lowest BCUT2D eigenvalue weighted by Gasteiger charge is -2.28. The molecule has 4 rings (SSSR count). The summed E-state index contributed by atoms with van der Waals surface area (Å²) in [6, 6.07) is 7.58. The predicted molar refractivity (Wildman–Crippen MR) is 119 cm³/mol. The summed E-state index contributed by atoms with van der Waals surface area (Å²) in [5.74, 6) is 0.0741. The third-order valence-corrected chi connectivity index (χ3v) is 5.34. The largest absolute Gasteiger partial charge is 0.324 e. The van der Waals surface area contributed by atoms with Crippen molar-refractivity contribution in [3.05, 3.63) is 54.1 Å². The molecule has 0 saturated carbocycles. The Morgan fingerprint density at radius 2 is 1.97 bits per heavy atom. The zero-order valence-electron chi connectivity index (χ0n) is 18.0. The number of fused-ring (bicyclic) bond motifs is 1. The van der Waals surface area contributed by atoms with Crippen LogP contribution in [0.15, 0.2) is 42.9 Å². The molecule has 0 aromatic carbocycles. The van der Waals surface area contributed by atoms with Crippen molar-refractivity contribution in [2.24, 2.45) is 5.92 Å². The van der Waals surface area contributed by atoms with Crippen LogP contribution < -0.4 is 10.2 Å². The van der Waals surface area contributed by atoms with Gasteiger partial charge in [0.05, 0.1) is 23.3 Å². The highest BCUT2D eigenvalue weighted by atomic mass is 16.2. The molecule has 160 valence electrons. The maximum absolute atomic E-state index is 12.9. The molecule has 0 fully saturated rings. The van der Waals surface area contributed by atoms with Gasteiger partial charge < -0.3 is 5.32 Å². The van der Waals surface area contributed by atoms with Crippen molar-refractivity contribution in [3.8, 4) is 11.3 Å². The summed E-state index contributed by atoms with van der Waals surface area (Å²) >= 11 is 0. The zero-order chi connectivity index (χ0) is 22.0. The highest BCUT2D eigenvalue weighted by Crippen LogP contribution is 2.24. The SMILES string of the molecule is Cc1cncc(-c2ccc(NC(=O)C(C)CC(=O)N3CCCn4nc(C)cc43)cn2)c1. The molecule has 31 heavy (non-hydrogen) atoms. The van der Waals surface area contributed by atoms with Gasteiger partial charge >= 0.3 is 0 Å². The molecule has 0 bridgehead atoms. The van der Waals surface area contributed by atoms with Crippen LogP contribution in [0.2, 0.25) is 0 Å². The minimum absolute atomic E-state index is 0.0658. The molecule has 0 saturated heterocycles. The van der Waals surface area contributed by atoms with Crippen molar-refractivity contribution in [2.75, 3.05) is 16.8 Å². The zero-order valence-corrected chi connectivity index (χ0v) is 18.0. The highest BCUT2D eigenvalue weighted by Gasteiger charge is 2.27. The second-order valence-corrected chi connectivity index (χ2v) is 8.04. The Bertz CT molecular complexity index is 1110. The molecular weight excluding hydrogens is 392 g/mol. The van der Waals surface area contributed by atoms with Crippen LogP contribution in [0.5, 0.6) is 0 Å². The van der Waals surface area contributed by atoms with Gasteiger partial charge in [0.15, 0.2) is 0 Å². The van der Waals surface area contributed by atoms with Crippen molar-refractivity contribution in [2.45, 2.75) is 40.2 Å². The standard InChI is InChI=1S/C23H26N6O2/c1-15-9-18(13-24-12-15)20-6-5-19(14-25-20)26-23(31)16(2)10-22(30)28-7-4-8-29-21(28)11-17(3)27-29/h5-6,9,11-14,16H,4,7-8,10H2,1-3H3,(H,26,31). The van der Waals surface area contributed by atoms with E-state index in [-0.39, 0.29) is 18.2 Å². The maximum atomic E-state index is 12.9. The number of hydrogen-bond donors (Lipinski definition) is 1. The van der Waals surface area contributed by atoms with Crippen LogP contribution in [0.4, 0.5) is 11.5 Å². The summed E-state index contributed by atoms with van der Waals surface area (Å²) in [6.45, 7) is 7.12. The van der Waals surface area contributed by atoms with Crippen LogP contribution >= 0.6 is 0 Å². The van der Waals surface area contributed by atoms with Crippen LogP contribution in [0.3, 0.4) is 0 Å². The number of rotatable bonds is 5. The Morgan fingerprint density at radius 3 is 2.71 bits per heavy atom. The van der Waals surface area contributed by atoms with Gasteiger partial charge in [-0.25, -0.2) is 4.68 Å². The van der Waals surface area contributed by atoms with Crippen molar-refractivity contribution < 1.29 is 9.59 Å². The molecule has 4 heterocycles. The Kier molecular flexibility index (Phi) is 5.79. The molecule has 8 nitrogen and oxygen atoms in total. The van der Waals surface area contributed by atoms with Crippen molar-refractivity contribution in [1.29, 1.82) is 0 Å². The Labute approximate surface area is 181 Å². The smallest absolute Gasteiger partial charge is 0.228 e. The van der Waals surface area contributed by atoms with Gasteiger partial charge in [0, 0.05) is 49.5 Å². The molecule has 0 spiro atoms. The monoisotopic (exact) mass is 418 g/mol. The number of hydrogen-bond acceptors (Lipinski definition) is 5. The average Bonchev–Trinajstić information content (AvgIpc) is 3.14. The van der Waals surface area contributed by atoms with E-state index in [1.807, 2.05) is 42.8 Å². The lowest BCUT2D eigenvalue weighted by atomic mass is 10.1. The number of carbonyl (C=O) groups is 2. The van der Waals surface area contributed by atoms with Gasteiger partial charge in [-0.3, -0.25) is 24.5 Å². The molecule has 8 heteroatoms. The number of anilines is 2. The predicted octanol–water partition coefficient (Wildman–Crippen LogP) is 3.36. The van der Waals surface area contributed by atoms with Crippen LogP contribution in [0.1, 0.15) is 31.0 Å². The molecule has 1 aliphatic rings. The van der Waals surface area contributed by atoms with Crippen LogP contribution in [0.25, 0.3) is 11.3 Å². The lowest BCUT2D eigenvalue weighted by molar-refractivity contribution is -0.125. The van der Waals surface area contributed by atoms with E-state index in [4.69, 9.17) is 0 Å². The first-order chi connectivity index (χ1) is 14.9. The van der Waals surface area contributed by atoms with Crippen LogP contribution in [0, 0.1) is 19.8 Å². The normalized spacial score (nSPS) is 14.1. The first-order valence-electron chi connectivity index (χ1n) is 10.4. The molecule has 3 aromatic heterocycles. The number of carbonyl (C=O) groups excluding carboxylic acids is 2. The molecule has 0 radical (unpaired) electrons. The maximum Gasteiger partial charge on any atom is 0.228 e. The van der Waals surface area contributed by atoms with Gasteiger partial charge in [0.2, 0.25) is 11.8 Å². The summed E-state index contributed by atoms with van der Waals surface area (Å²) < 4.78 is 1.86. The number of aryl methyl sites for hydroxylation is 3. The topological polar surface area (TPSA) is 93.0 Å². The quantitative estimate of drug-likeness (QED) is 0.686. The summed E-state index contributed by atoms with van der Waals surface area (Å²) in [5, 5.41) is 7.28. The summed E-state index contributed by atoms with van der Waals surface area (Å²) in [4.78, 5) is 35.8. The number of aromatic nitrogens is 4. The van der Waals surface area contributed by atoms with Crippen LogP contribution in [-0.4, -0.2) is 38.1 Å². The molecule has 3 aromatic rings. The van der Waals surface area contributed by atoms with Gasteiger partial charge in [0.25, 0.3) is 0 Å². The molecule has 2 amide bonds. The van der Waals surface area contributed by atoms with E-state index >= 15 is 0 Å². The number of nitrogens with zero attached hydrogens (tertiary/aromatic N) is 5. The van der Waals surface area contributed by atoms with E-state index in [1.165, 1.54) is 0 Å². The van der Waals surface area contributed by atoms with Gasteiger partial charge in [-0.15, -0.1) is 0 Å². The van der Waals surface area contributed by atoms with Crippen molar-refractivity contribution >= 4 is 23.3 Å². The van der Waals surface area contributed by atoms with E-state index in [1.54, 1.807) is 30.4 Å². The minimum Gasteiger partial charge on any atom is -0.324 e. The van der Waals surface area contributed by atoms with E-state index in [0.29, 0.717) is 12.2 Å². The minimum atomic E-state index is -0.465. The Morgan fingerprint density at radius 1 is 1.13 bits per heavy atom. The van der Waals surface area contributed by atoms with Crippen molar-refractivity contribution in [1.82, 2.24) is 19.7 Å². The van der Waals surface area contributed by atoms with Gasteiger partial charge in [0.1, 0.15) is 5.82 Å². The van der Waals surface area contributed by atoms with Crippen LogP contribution in [-0.2, 0) is 16.1 Å². The third kappa shape index (κ3) is 4.63. The first kappa shape index (κ1) is 20.7. The number of pyridine rings is 2. The fourth-order valence-electron chi connectivity index (χ4n) is 3.72. The Balaban J connectivity index is 1.37. The fraction of sp³-hybridized carbons (Fsp3) is 0.348. The van der Waals surface area contributed by atoms with E-state index in [9.17, 15) is 9.59 Å². The first-order valence-corrected chi connectivity index (χ1v) is 10.4. The molecule has 1 aliphatic heterocycles. The number of nitrogens with one attached hydrogen (secondary N) is 1. The second kappa shape index (κ2) is 8.67. The summed E-state index contributed by atoms with van der Waals surface area (Å²) in [7, 11) is 0. The molecule has 1 atom stereocenters. The Hall–Kier alpha value is -3.55. The average molecular weight is 419 g/mol. The highest BCUT2D eigenvalue weighted by molar-refractivity contribution is 5.99. The van der Waals surface area contributed by atoms with Gasteiger partial charge in [-0.05, 0) is 44.0 Å². The molecule has 1 unspecified atom stereocenters. The molecular formula is C23H26N6O2. The van der Waals surface area contributed by atoms with Gasteiger partial charge in [-0.2, -0.15) is 5.10 Å². The third-order valence-electron chi connectivity index (χ3n) is 5.34. The second-order valence-electron chi connectivity index (χ2n) is 8.04. The summed E-state index contributed by atoms with van der Waals surface area (Å²) in [6.07, 6.45) is 6.16. The molecule has 1 N–H and O–H groups in total. The van der Waals surface area contributed by atoms with Crippen molar-refractivity contribution in [3.63, 3.8) is 0 Å². The fourth-order valence-corrected chi connectivity index (χ4v) is 3.72. The van der Waals surface area contributed by atoms with E-state index < -0.39 is 5.92 Å².